The van der Waals surface area contributed by atoms with E-state index in [1.165, 1.54) is 0 Å². The van der Waals surface area contributed by atoms with Crippen LogP contribution in [-0.2, 0) is 0 Å². The maximum Gasteiger partial charge on any atom is 0.125 e. The Morgan fingerprint density at radius 1 is 1.25 bits per heavy atom. The first-order valence-corrected chi connectivity index (χ1v) is 7.04. The third-order valence-electron chi connectivity index (χ3n) is 3.24. The topological polar surface area (TPSA) is 61.7 Å². The second-order valence-electron chi connectivity index (χ2n) is 6.14. The van der Waals surface area contributed by atoms with E-state index in [0.717, 1.165) is 16.9 Å². The van der Waals surface area contributed by atoms with Crippen LogP contribution in [0.1, 0.15) is 25.0 Å². The molecule has 4 nitrogen and oxygen atoms in total. The lowest BCUT2D eigenvalue weighted by Gasteiger charge is -2.23. The van der Waals surface area contributed by atoms with Gasteiger partial charge in [-0.2, -0.15) is 0 Å². The average molecular weight is 281 g/mol. The lowest BCUT2D eigenvalue weighted by molar-refractivity contribution is 0.0974. The van der Waals surface area contributed by atoms with Crippen molar-refractivity contribution in [2.75, 3.05) is 26.3 Å². The molecule has 20 heavy (non-hydrogen) atoms. The first-order valence-electron chi connectivity index (χ1n) is 7.04. The maximum absolute atomic E-state index is 9.91. The summed E-state index contributed by atoms with van der Waals surface area (Å²) in [5.41, 5.74) is 1.98. The smallest absolute Gasteiger partial charge is 0.125 e. The van der Waals surface area contributed by atoms with E-state index in [2.05, 4.69) is 5.32 Å². The summed E-state index contributed by atoms with van der Waals surface area (Å²) >= 11 is 0. The zero-order valence-electron chi connectivity index (χ0n) is 12.9. The molecule has 1 aromatic carbocycles. The van der Waals surface area contributed by atoms with Crippen LogP contribution in [0.15, 0.2) is 18.2 Å². The second-order valence-corrected chi connectivity index (χ2v) is 6.14. The summed E-state index contributed by atoms with van der Waals surface area (Å²) in [6, 6.07) is 5.99. The number of aliphatic hydroxyl groups is 2. The van der Waals surface area contributed by atoms with Crippen molar-refractivity contribution in [1.29, 1.82) is 0 Å². The van der Waals surface area contributed by atoms with Gasteiger partial charge >= 0.3 is 0 Å². The number of ether oxygens (including phenoxy) is 1. The lowest BCUT2D eigenvalue weighted by atomic mass is 9.95. The fourth-order valence-electron chi connectivity index (χ4n) is 1.90. The van der Waals surface area contributed by atoms with Crippen LogP contribution in [0.25, 0.3) is 0 Å². The van der Waals surface area contributed by atoms with Gasteiger partial charge in [0, 0.05) is 25.1 Å². The summed E-state index contributed by atoms with van der Waals surface area (Å²) in [4.78, 5) is 0. The highest BCUT2D eigenvalue weighted by Gasteiger charge is 2.16. The Hall–Kier alpha value is -1.10. The van der Waals surface area contributed by atoms with Gasteiger partial charge in [0.25, 0.3) is 0 Å². The Bertz CT molecular complexity index is 398. The van der Waals surface area contributed by atoms with Crippen LogP contribution in [0.4, 0.5) is 0 Å². The summed E-state index contributed by atoms with van der Waals surface area (Å²) in [6.45, 7) is 9.43. The molecule has 0 aliphatic rings. The fraction of sp³-hybridized carbons (Fsp3) is 0.625. The molecule has 0 saturated carbocycles. The molecule has 1 atom stereocenters. The molecule has 0 spiro atoms. The van der Waals surface area contributed by atoms with Gasteiger partial charge < -0.3 is 20.3 Å². The van der Waals surface area contributed by atoms with Crippen molar-refractivity contribution in [3.05, 3.63) is 29.3 Å². The van der Waals surface area contributed by atoms with Crippen molar-refractivity contribution in [1.82, 2.24) is 5.32 Å². The van der Waals surface area contributed by atoms with Crippen LogP contribution in [0.5, 0.6) is 5.75 Å². The van der Waals surface area contributed by atoms with Gasteiger partial charge in [-0.15, -0.1) is 0 Å². The van der Waals surface area contributed by atoms with Crippen molar-refractivity contribution < 1.29 is 14.9 Å². The highest BCUT2D eigenvalue weighted by Crippen LogP contribution is 2.22. The highest BCUT2D eigenvalue weighted by atomic mass is 16.5. The van der Waals surface area contributed by atoms with E-state index in [0.29, 0.717) is 13.1 Å². The van der Waals surface area contributed by atoms with Crippen LogP contribution < -0.4 is 10.1 Å². The minimum Gasteiger partial charge on any atom is -0.490 e. The molecule has 0 radical (unpaired) electrons. The molecule has 1 unspecified atom stereocenters. The normalized spacial score (nSPS) is 13.3. The summed E-state index contributed by atoms with van der Waals surface area (Å²) in [7, 11) is 0. The Balaban J connectivity index is 2.35. The van der Waals surface area contributed by atoms with Crippen molar-refractivity contribution >= 4 is 0 Å². The predicted octanol–water partition coefficient (Wildman–Crippen LogP) is 1.65. The molecular weight excluding hydrogens is 254 g/mol. The van der Waals surface area contributed by atoms with E-state index in [1.54, 1.807) is 0 Å². The summed E-state index contributed by atoms with van der Waals surface area (Å²) in [6.07, 6.45) is -0.566. The average Bonchev–Trinajstić information content (AvgIpc) is 2.38. The van der Waals surface area contributed by atoms with Gasteiger partial charge in [0.1, 0.15) is 18.5 Å². The molecule has 0 bridgehead atoms. The molecule has 0 fully saturated rings. The van der Waals surface area contributed by atoms with Crippen LogP contribution in [-0.4, -0.2) is 42.6 Å². The number of hydrogen-bond acceptors (Lipinski definition) is 4. The van der Waals surface area contributed by atoms with Crippen molar-refractivity contribution in [2.45, 2.75) is 33.8 Å². The van der Waals surface area contributed by atoms with Crippen molar-refractivity contribution in [2.24, 2.45) is 5.41 Å². The molecule has 0 aromatic heterocycles. The Morgan fingerprint density at radius 2 is 1.85 bits per heavy atom. The van der Waals surface area contributed by atoms with Gasteiger partial charge in [0.2, 0.25) is 0 Å². The number of aryl methyl sites for hydroxylation is 2. The maximum atomic E-state index is 9.91. The minimum atomic E-state index is -0.566. The van der Waals surface area contributed by atoms with E-state index >= 15 is 0 Å². The first kappa shape index (κ1) is 17.0. The van der Waals surface area contributed by atoms with E-state index in [9.17, 15) is 5.11 Å². The molecule has 0 aliphatic heterocycles. The van der Waals surface area contributed by atoms with E-state index in [-0.39, 0.29) is 18.6 Å². The SMILES string of the molecule is Cc1cccc(C)c1OCC(O)CNCC(C)(C)CO. The molecule has 0 aliphatic carbocycles. The van der Waals surface area contributed by atoms with Gasteiger partial charge in [-0.25, -0.2) is 0 Å². The largest absolute Gasteiger partial charge is 0.490 e. The number of benzene rings is 1. The molecule has 1 rings (SSSR count). The molecule has 114 valence electrons. The Morgan fingerprint density at radius 3 is 2.40 bits per heavy atom. The van der Waals surface area contributed by atoms with Crippen LogP contribution >= 0.6 is 0 Å². The van der Waals surface area contributed by atoms with E-state index < -0.39 is 6.10 Å². The third kappa shape index (κ3) is 5.49. The standard InChI is InChI=1S/C16H27NO3/c1-12-6-5-7-13(2)15(12)20-9-14(19)8-17-10-16(3,4)11-18/h5-7,14,17-19H,8-11H2,1-4H3. The fourth-order valence-corrected chi connectivity index (χ4v) is 1.90. The van der Waals surface area contributed by atoms with Crippen LogP contribution in [0.2, 0.25) is 0 Å². The van der Waals surface area contributed by atoms with Gasteiger partial charge in [0.15, 0.2) is 0 Å². The molecule has 4 heteroatoms. The predicted molar refractivity (Wildman–Crippen MR) is 81.2 cm³/mol. The number of rotatable bonds is 8. The molecule has 0 saturated heterocycles. The third-order valence-corrected chi connectivity index (χ3v) is 3.24. The van der Waals surface area contributed by atoms with E-state index in [4.69, 9.17) is 9.84 Å². The number of aliphatic hydroxyl groups excluding tert-OH is 2. The quantitative estimate of drug-likeness (QED) is 0.678. The highest BCUT2D eigenvalue weighted by molar-refractivity contribution is 5.39. The van der Waals surface area contributed by atoms with Gasteiger partial charge in [-0.05, 0) is 25.0 Å². The number of para-hydroxylation sites is 1. The Labute approximate surface area is 121 Å². The molecular formula is C16H27NO3. The number of nitrogens with one attached hydrogen (secondary N) is 1. The summed E-state index contributed by atoms with van der Waals surface area (Å²) in [5.74, 6) is 0.849. The Kier molecular flexibility index (Phi) is 6.46. The minimum absolute atomic E-state index is 0.120. The first-order chi connectivity index (χ1) is 9.35. The second kappa shape index (κ2) is 7.62. The van der Waals surface area contributed by atoms with E-state index in [1.807, 2.05) is 45.9 Å². The van der Waals surface area contributed by atoms with Crippen LogP contribution in [0.3, 0.4) is 0 Å². The molecule has 3 N–H and O–H groups in total. The lowest BCUT2D eigenvalue weighted by Crippen LogP contribution is -2.38. The molecule has 0 heterocycles. The van der Waals surface area contributed by atoms with Crippen LogP contribution in [0, 0.1) is 19.3 Å². The molecule has 0 amide bonds. The van der Waals surface area contributed by atoms with Crippen molar-refractivity contribution in [3.8, 4) is 5.75 Å². The summed E-state index contributed by atoms with van der Waals surface area (Å²) < 4.78 is 5.70. The monoisotopic (exact) mass is 281 g/mol. The zero-order valence-corrected chi connectivity index (χ0v) is 12.9. The summed E-state index contributed by atoms with van der Waals surface area (Å²) in [5, 5.41) is 22.2. The van der Waals surface area contributed by atoms with Gasteiger partial charge in [-0.1, -0.05) is 32.0 Å². The zero-order chi connectivity index (χ0) is 15.2. The number of hydrogen-bond donors (Lipinski definition) is 3. The van der Waals surface area contributed by atoms with Gasteiger partial charge in [-0.3, -0.25) is 0 Å². The molecule has 1 aromatic rings. The van der Waals surface area contributed by atoms with Gasteiger partial charge in [0.05, 0.1) is 0 Å². The van der Waals surface area contributed by atoms with Crippen molar-refractivity contribution in [3.63, 3.8) is 0 Å².